The number of aromatic nitrogens is 2. The average molecular weight is 248 g/mol. The summed E-state index contributed by atoms with van der Waals surface area (Å²) in [5, 5.41) is 3.41. The summed E-state index contributed by atoms with van der Waals surface area (Å²) in [6, 6.07) is 0. The van der Waals surface area contributed by atoms with E-state index in [-0.39, 0.29) is 0 Å². The van der Waals surface area contributed by atoms with Crippen LogP contribution in [-0.4, -0.2) is 41.1 Å². The zero-order chi connectivity index (χ0) is 12.5. The van der Waals surface area contributed by atoms with E-state index in [1.54, 1.807) is 0 Å². The van der Waals surface area contributed by atoms with E-state index < -0.39 is 0 Å². The zero-order valence-electron chi connectivity index (χ0n) is 11.6. The van der Waals surface area contributed by atoms with E-state index in [1.165, 1.54) is 43.1 Å². The van der Waals surface area contributed by atoms with Crippen molar-refractivity contribution in [2.45, 2.75) is 32.2 Å². The molecule has 0 atom stereocenters. The van der Waals surface area contributed by atoms with Crippen LogP contribution in [0.3, 0.4) is 0 Å². The SMILES string of the molecule is CN1CCC(Cc2nc3c(n2C)CCNC3)CC1. The van der Waals surface area contributed by atoms with Gasteiger partial charge in [0, 0.05) is 38.7 Å². The Bertz CT molecular complexity index is 416. The van der Waals surface area contributed by atoms with Crippen LogP contribution in [0.25, 0.3) is 0 Å². The quantitative estimate of drug-likeness (QED) is 0.846. The third-order valence-corrected chi connectivity index (χ3v) is 4.53. The van der Waals surface area contributed by atoms with Gasteiger partial charge in [0.2, 0.25) is 0 Å². The summed E-state index contributed by atoms with van der Waals surface area (Å²) < 4.78 is 2.36. The van der Waals surface area contributed by atoms with Gasteiger partial charge in [-0.05, 0) is 38.9 Å². The van der Waals surface area contributed by atoms with E-state index in [1.807, 2.05) is 0 Å². The van der Waals surface area contributed by atoms with Crippen molar-refractivity contribution < 1.29 is 0 Å². The van der Waals surface area contributed by atoms with Gasteiger partial charge in [-0.15, -0.1) is 0 Å². The van der Waals surface area contributed by atoms with Crippen LogP contribution in [-0.2, 0) is 26.4 Å². The van der Waals surface area contributed by atoms with Gasteiger partial charge in [-0.25, -0.2) is 4.98 Å². The average Bonchev–Trinajstić information content (AvgIpc) is 2.70. The molecule has 0 unspecified atom stereocenters. The summed E-state index contributed by atoms with van der Waals surface area (Å²) in [7, 11) is 4.42. The topological polar surface area (TPSA) is 33.1 Å². The molecule has 0 aliphatic carbocycles. The molecule has 3 heterocycles. The van der Waals surface area contributed by atoms with Gasteiger partial charge < -0.3 is 14.8 Å². The fraction of sp³-hybridized carbons (Fsp3) is 0.786. The molecule has 2 aliphatic heterocycles. The smallest absolute Gasteiger partial charge is 0.109 e. The molecule has 1 N–H and O–H groups in total. The van der Waals surface area contributed by atoms with E-state index >= 15 is 0 Å². The minimum absolute atomic E-state index is 0.830. The Kier molecular flexibility index (Phi) is 3.39. The number of piperidine rings is 1. The van der Waals surface area contributed by atoms with Crippen molar-refractivity contribution in [3.8, 4) is 0 Å². The predicted molar refractivity (Wildman–Crippen MR) is 72.5 cm³/mol. The molecule has 0 amide bonds. The van der Waals surface area contributed by atoms with E-state index in [4.69, 9.17) is 4.98 Å². The standard InChI is InChI=1S/C14H24N4/c1-17-7-4-11(5-8-17)9-14-16-12-10-15-6-3-13(12)18(14)2/h11,15H,3-10H2,1-2H3. The summed E-state index contributed by atoms with van der Waals surface area (Å²) in [6.07, 6.45) is 4.95. The lowest BCUT2D eigenvalue weighted by Crippen LogP contribution is -2.31. The number of fused-ring (bicyclic) bond motifs is 1. The monoisotopic (exact) mass is 248 g/mol. The summed E-state index contributed by atoms with van der Waals surface area (Å²) >= 11 is 0. The third-order valence-electron chi connectivity index (χ3n) is 4.53. The van der Waals surface area contributed by atoms with Crippen molar-refractivity contribution in [1.29, 1.82) is 0 Å². The first-order chi connectivity index (χ1) is 8.74. The van der Waals surface area contributed by atoms with Crippen LogP contribution in [0.1, 0.15) is 30.1 Å². The highest BCUT2D eigenvalue weighted by molar-refractivity contribution is 5.20. The second kappa shape index (κ2) is 5.02. The van der Waals surface area contributed by atoms with Crippen LogP contribution in [0, 0.1) is 5.92 Å². The van der Waals surface area contributed by atoms with Gasteiger partial charge >= 0.3 is 0 Å². The van der Waals surface area contributed by atoms with Crippen molar-refractivity contribution in [3.63, 3.8) is 0 Å². The Labute approximate surface area is 109 Å². The van der Waals surface area contributed by atoms with Crippen LogP contribution in [0.15, 0.2) is 0 Å². The number of imidazole rings is 1. The maximum Gasteiger partial charge on any atom is 0.109 e. The molecule has 1 aromatic heterocycles. The first-order valence-corrected chi connectivity index (χ1v) is 7.16. The second-order valence-electron chi connectivity index (χ2n) is 5.86. The Morgan fingerprint density at radius 2 is 2.06 bits per heavy atom. The maximum absolute atomic E-state index is 4.85. The number of rotatable bonds is 2. The third kappa shape index (κ3) is 2.31. The fourth-order valence-corrected chi connectivity index (χ4v) is 3.22. The lowest BCUT2D eigenvalue weighted by molar-refractivity contribution is 0.216. The van der Waals surface area contributed by atoms with Gasteiger partial charge in [-0.2, -0.15) is 0 Å². The molecular formula is C14H24N4. The number of likely N-dealkylation sites (tertiary alicyclic amines) is 1. The highest BCUT2D eigenvalue weighted by Gasteiger charge is 2.22. The predicted octanol–water partition coefficient (Wildman–Crippen LogP) is 0.950. The van der Waals surface area contributed by atoms with Crippen LogP contribution >= 0.6 is 0 Å². The minimum atomic E-state index is 0.830. The molecule has 0 bridgehead atoms. The Balaban J connectivity index is 1.71. The molecule has 1 saturated heterocycles. The van der Waals surface area contributed by atoms with Gasteiger partial charge in [-0.1, -0.05) is 0 Å². The summed E-state index contributed by atoms with van der Waals surface area (Å²) in [6.45, 7) is 4.55. The molecule has 1 aromatic rings. The fourth-order valence-electron chi connectivity index (χ4n) is 3.22. The van der Waals surface area contributed by atoms with Gasteiger partial charge in [0.1, 0.15) is 5.82 Å². The number of nitrogens with one attached hydrogen (secondary N) is 1. The van der Waals surface area contributed by atoms with E-state index in [2.05, 4.69) is 28.9 Å². The Morgan fingerprint density at radius 1 is 1.28 bits per heavy atom. The molecule has 18 heavy (non-hydrogen) atoms. The van der Waals surface area contributed by atoms with Gasteiger partial charge in [0.15, 0.2) is 0 Å². The molecule has 100 valence electrons. The molecule has 4 nitrogen and oxygen atoms in total. The van der Waals surface area contributed by atoms with Crippen molar-refractivity contribution >= 4 is 0 Å². The Morgan fingerprint density at radius 3 is 2.78 bits per heavy atom. The van der Waals surface area contributed by atoms with E-state index in [0.717, 1.165) is 31.8 Å². The van der Waals surface area contributed by atoms with E-state index in [0.29, 0.717) is 0 Å². The molecule has 0 aromatic carbocycles. The second-order valence-corrected chi connectivity index (χ2v) is 5.86. The number of hydrogen-bond acceptors (Lipinski definition) is 3. The summed E-state index contributed by atoms with van der Waals surface area (Å²) in [4.78, 5) is 7.28. The molecular weight excluding hydrogens is 224 g/mol. The summed E-state index contributed by atoms with van der Waals surface area (Å²) in [5.74, 6) is 2.13. The molecule has 0 spiro atoms. The zero-order valence-corrected chi connectivity index (χ0v) is 11.6. The number of nitrogens with zero attached hydrogens (tertiary/aromatic N) is 3. The molecule has 0 saturated carbocycles. The summed E-state index contributed by atoms with van der Waals surface area (Å²) in [5.41, 5.74) is 2.74. The van der Waals surface area contributed by atoms with Crippen LogP contribution in [0.4, 0.5) is 0 Å². The van der Waals surface area contributed by atoms with Gasteiger partial charge in [-0.3, -0.25) is 0 Å². The van der Waals surface area contributed by atoms with Gasteiger partial charge in [0.05, 0.1) is 5.69 Å². The Hall–Kier alpha value is -0.870. The highest BCUT2D eigenvalue weighted by Crippen LogP contribution is 2.22. The molecule has 4 heteroatoms. The largest absolute Gasteiger partial charge is 0.335 e. The first-order valence-electron chi connectivity index (χ1n) is 7.16. The maximum atomic E-state index is 4.85. The van der Waals surface area contributed by atoms with Crippen molar-refractivity contribution in [2.24, 2.45) is 13.0 Å². The van der Waals surface area contributed by atoms with Crippen LogP contribution < -0.4 is 5.32 Å². The van der Waals surface area contributed by atoms with Crippen LogP contribution in [0.5, 0.6) is 0 Å². The molecule has 2 aliphatic rings. The lowest BCUT2D eigenvalue weighted by Gasteiger charge is -2.28. The molecule has 1 fully saturated rings. The number of hydrogen-bond donors (Lipinski definition) is 1. The van der Waals surface area contributed by atoms with Crippen molar-refractivity contribution in [1.82, 2.24) is 19.8 Å². The normalized spacial score (nSPS) is 22.1. The lowest BCUT2D eigenvalue weighted by atomic mass is 9.93. The van der Waals surface area contributed by atoms with Crippen molar-refractivity contribution in [3.05, 3.63) is 17.2 Å². The van der Waals surface area contributed by atoms with Crippen LogP contribution in [0.2, 0.25) is 0 Å². The minimum Gasteiger partial charge on any atom is -0.335 e. The molecule has 0 radical (unpaired) electrons. The van der Waals surface area contributed by atoms with Gasteiger partial charge in [0.25, 0.3) is 0 Å². The molecule has 3 rings (SSSR count). The van der Waals surface area contributed by atoms with E-state index in [9.17, 15) is 0 Å². The first kappa shape index (κ1) is 12.2. The highest BCUT2D eigenvalue weighted by atomic mass is 15.1. The van der Waals surface area contributed by atoms with Crippen molar-refractivity contribution in [2.75, 3.05) is 26.7 Å².